The molecule has 5 heteroatoms. The van der Waals surface area contributed by atoms with E-state index in [0.29, 0.717) is 5.29 Å². The highest BCUT2D eigenvalue weighted by Gasteiger charge is 2.46. The highest BCUT2D eigenvalue weighted by molar-refractivity contribution is 6.15. The van der Waals surface area contributed by atoms with Gasteiger partial charge in [0.15, 0.2) is 0 Å². The van der Waals surface area contributed by atoms with Crippen LogP contribution in [0.3, 0.4) is 0 Å². The first-order chi connectivity index (χ1) is 13.2. The van der Waals surface area contributed by atoms with Gasteiger partial charge in [0, 0.05) is 23.3 Å². The van der Waals surface area contributed by atoms with Crippen molar-refractivity contribution < 1.29 is 0 Å². The molecule has 2 aliphatic carbocycles. The molecule has 27 heavy (non-hydrogen) atoms. The quantitative estimate of drug-likeness (QED) is 0.641. The number of nitrogens with zero attached hydrogens (tertiary/aromatic N) is 1. The summed E-state index contributed by atoms with van der Waals surface area (Å²) in [5, 5.41) is 10.1. The van der Waals surface area contributed by atoms with E-state index in [0.717, 1.165) is 36.8 Å². The van der Waals surface area contributed by atoms with Crippen LogP contribution in [0.25, 0.3) is 0 Å². The second-order valence-electron chi connectivity index (χ2n) is 9.58. The molecular formula is C22H46N4Si. The maximum absolute atomic E-state index is 3.82. The Morgan fingerprint density at radius 2 is 1.59 bits per heavy atom. The fourth-order valence-electron chi connectivity index (χ4n) is 6.55. The van der Waals surface area contributed by atoms with Crippen LogP contribution < -0.4 is 16.1 Å². The molecule has 2 heterocycles. The molecule has 2 saturated carbocycles. The van der Waals surface area contributed by atoms with Crippen molar-refractivity contribution in [3.8, 4) is 0 Å². The first kappa shape index (κ1) is 21.8. The Bertz CT molecular complexity index is 409. The van der Waals surface area contributed by atoms with E-state index >= 15 is 0 Å². The van der Waals surface area contributed by atoms with Gasteiger partial charge in [-0.2, -0.15) is 0 Å². The van der Waals surface area contributed by atoms with Crippen molar-refractivity contribution in [1.29, 1.82) is 0 Å². The number of hydrogen-bond donors (Lipinski definition) is 3. The standard InChI is InChI=1S/C13H29N3Si.C9H17N/c1-3-14-13(17)12-8-6-5-7-11(12)9-10-16(13)15-4-2;1-2-4-9-7-10-6-5-8(9)3-1/h11-12,14-15H,3-10H2,1-2,17H3;8-10H,1-7H2. The SMILES string of the molecule is C1CCC2CNCCC2C1.CCNN1CCC2CCCCC2C1([SiH3])NCC. The highest BCUT2D eigenvalue weighted by atomic mass is 28.1. The Morgan fingerprint density at radius 3 is 2.30 bits per heavy atom. The van der Waals surface area contributed by atoms with Crippen LogP contribution >= 0.6 is 0 Å². The molecule has 0 aromatic heterocycles. The number of fused-ring (bicyclic) bond motifs is 2. The van der Waals surface area contributed by atoms with E-state index in [1.807, 2.05) is 0 Å². The van der Waals surface area contributed by atoms with Crippen LogP contribution in [0.5, 0.6) is 0 Å². The zero-order valence-electron chi connectivity index (χ0n) is 18.4. The van der Waals surface area contributed by atoms with E-state index in [2.05, 4.69) is 34.9 Å². The molecule has 0 amide bonds. The van der Waals surface area contributed by atoms with Crippen molar-refractivity contribution in [2.24, 2.45) is 23.7 Å². The van der Waals surface area contributed by atoms with E-state index in [-0.39, 0.29) is 0 Å². The predicted molar refractivity (Wildman–Crippen MR) is 120 cm³/mol. The third kappa shape index (κ3) is 5.36. The van der Waals surface area contributed by atoms with Gasteiger partial charge in [-0.1, -0.05) is 52.4 Å². The minimum atomic E-state index is 0.300. The van der Waals surface area contributed by atoms with Gasteiger partial charge in [-0.05, 0) is 69.0 Å². The zero-order valence-corrected chi connectivity index (χ0v) is 20.4. The summed E-state index contributed by atoms with van der Waals surface area (Å²) in [7, 11) is 1.21. The fraction of sp³-hybridized carbons (Fsp3) is 1.00. The first-order valence-electron chi connectivity index (χ1n) is 12.2. The molecule has 2 saturated heterocycles. The van der Waals surface area contributed by atoms with Crippen LogP contribution in [0, 0.1) is 23.7 Å². The lowest BCUT2D eigenvalue weighted by Crippen LogP contribution is -2.71. The van der Waals surface area contributed by atoms with Crippen molar-refractivity contribution in [2.75, 3.05) is 32.7 Å². The highest BCUT2D eigenvalue weighted by Crippen LogP contribution is 2.42. The molecular weight excluding hydrogens is 348 g/mol. The van der Waals surface area contributed by atoms with E-state index in [1.165, 1.54) is 94.1 Å². The molecule has 4 fully saturated rings. The average Bonchev–Trinajstić information content (AvgIpc) is 2.71. The molecule has 3 N–H and O–H groups in total. The number of hydrazine groups is 1. The Labute approximate surface area is 171 Å². The second kappa shape index (κ2) is 10.7. The maximum atomic E-state index is 3.82. The van der Waals surface area contributed by atoms with Crippen molar-refractivity contribution >= 4 is 10.2 Å². The third-order valence-corrected chi connectivity index (χ3v) is 9.60. The van der Waals surface area contributed by atoms with Gasteiger partial charge in [-0.3, -0.25) is 5.43 Å². The molecule has 2 aliphatic heterocycles. The monoisotopic (exact) mass is 394 g/mol. The molecule has 0 aromatic carbocycles. The Morgan fingerprint density at radius 1 is 0.889 bits per heavy atom. The molecule has 5 unspecified atom stereocenters. The molecule has 0 bridgehead atoms. The average molecular weight is 395 g/mol. The van der Waals surface area contributed by atoms with E-state index in [9.17, 15) is 0 Å². The summed E-state index contributed by atoms with van der Waals surface area (Å²) in [6, 6.07) is 0. The molecule has 4 rings (SSSR count). The number of piperidine rings is 2. The summed E-state index contributed by atoms with van der Waals surface area (Å²) >= 11 is 0. The second-order valence-corrected chi connectivity index (χ2v) is 11.1. The van der Waals surface area contributed by atoms with Crippen molar-refractivity contribution in [1.82, 2.24) is 21.1 Å². The van der Waals surface area contributed by atoms with E-state index in [4.69, 9.17) is 0 Å². The van der Waals surface area contributed by atoms with Gasteiger partial charge in [0.1, 0.15) is 0 Å². The third-order valence-electron chi connectivity index (χ3n) is 7.96. The summed E-state index contributed by atoms with van der Waals surface area (Å²) in [6.45, 7) is 10.4. The zero-order chi connectivity index (χ0) is 19.1. The number of hydrogen-bond acceptors (Lipinski definition) is 4. The molecule has 0 spiro atoms. The first-order valence-corrected chi connectivity index (χ1v) is 13.2. The summed E-state index contributed by atoms with van der Waals surface area (Å²) in [4.78, 5) is 0. The van der Waals surface area contributed by atoms with Crippen LogP contribution in [-0.4, -0.2) is 53.3 Å². The molecule has 158 valence electrons. The summed E-state index contributed by atoms with van der Waals surface area (Å²) in [5.74, 6) is 4.00. The minimum Gasteiger partial charge on any atom is -0.316 e. The van der Waals surface area contributed by atoms with Gasteiger partial charge < -0.3 is 10.6 Å². The topological polar surface area (TPSA) is 39.3 Å². The molecule has 4 nitrogen and oxygen atoms in total. The van der Waals surface area contributed by atoms with Gasteiger partial charge in [0.25, 0.3) is 0 Å². The van der Waals surface area contributed by atoms with Crippen LogP contribution in [0.15, 0.2) is 0 Å². The Hall–Kier alpha value is 0.0569. The molecule has 0 aromatic rings. The predicted octanol–water partition coefficient (Wildman–Crippen LogP) is 2.44. The summed E-state index contributed by atoms with van der Waals surface area (Å²) < 4.78 is 0. The van der Waals surface area contributed by atoms with Crippen LogP contribution in [0.4, 0.5) is 0 Å². The van der Waals surface area contributed by atoms with Crippen LogP contribution in [0.1, 0.15) is 78.1 Å². The maximum Gasteiger partial charge on any atom is 0.0661 e. The fourth-order valence-corrected chi connectivity index (χ4v) is 8.04. The summed E-state index contributed by atoms with van der Waals surface area (Å²) in [5.41, 5.74) is 3.60. The van der Waals surface area contributed by atoms with Crippen molar-refractivity contribution in [3.63, 3.8) is 0 Å². The van der Waals surface area contributed by atoms with Gasteiger partial charge in [-0.15, -0.1) is 0 Å². The number of rotatable bonds is 4. The van der Waals surface area contributed by atoms with Crippen molar-refractivity contribution in [2.45, 2.75) is 83.3 Å². The van der Waals surface area contributed by atoms with Crippen LogP contribution in [0.2, 0.25) is 0 Å². The molecule has 5 atom stereocenters. The summed E-state index contributed by atoms with van der Waals surface area (Å²) in [6.07, 6.45) is 14.7. The van der Waals surface area contributed by atoms with E-state index in [1.54, 1.807) is 0 Å². The normalized spacial score (nSPS) is 39.8. The largest absolute Gasteiger partial charge is 0.316 e. The lowest BCUT2D eigenvalue weighted by molar-refractivity contribution is -0.0534. The minimum absolute atomic E-state index is 0.300. The Balaban J connectivity index is 0.000000177. The smallest absolute Gasteiger partial charge is 0.0661 e. The van der Waals surface area contributed by atoms with E-state index < -0.39 is 0 Å². The molecule has 0 radical (unpaired) electrons. The van der Waals surface area contributed by atoms with Crippen molar-refractivity contribution in [3.05, 3.63) is 0 Å². The van der Waals surface area contributed by atoms with Gasteiger partial charge >= 0.3 is 0 Å². The van der Waals surface area contributed by atoms with Gasteiger partial charge in [0.2, 0.25) is 0 Å². The molecule has 4 aliphatic rings. The number of nitrogens with one attached hydrogen (secondary N) is 3. The Kier molecular flexibility index (Phi) is 8.64. The van der Waals surface area contributed by atoms with Gasteiger partial charge in [-0.25, -0.2) is 5.01 Å². The lowest BCUT2D eigenvalue weighted by Gasteiger charge is -2.55. The van der Waals surface area contributed by atoms with Gasteiger partial charge in [0.05, 0.1) is 5.29 Å². The van der Waals surface area contributed by atoms with Crippen LogP contribution in [-0.2, 0) is 0 Å². The lowest BCUT2D eigenvalue weighted by atomic mass is 9.73.